The number of aromatic nitrogens is 5. The van der Waals surface area contributed by atoms with Gasteiger partial charge in [0.15, 0.2) is 30.3 Å². The molecular weight excluding hydrogens is 708 g/mol. The lowest BCUT2D eigenvalue weighted by molar-refractivity contribution is 0.111. The molecule has 0 unspecified atom stereocenters. The molecule has 0 saturated heterocycles. The zero-order chi connectivity index (χ0) is 36.1. The van der Waals surface area contributed by atoms with Crippen molar-refractivity contribution in [1.29, 1.82) is 0 Å². The Morgan fingerprint density at radius 3 is 1.56 bits per heavy atom. The Morgan fingerprint density at radius 2 is 1.10 bits per heavy atom. The number of aldehydes is 5. The molecule has 5 rings (SSSR count). The van der Waals surface area contributed by atoms with Crippen LogP contribution in [0.15, 0.2) is 73.2 Å². The number of rotatable bonds is 5. The van der Waals surface area contributed by atoms with Gasteiger partial charge in [0.1, 0.15) is 39.6 Å². The van der Waals surface area contributed by atoms with Crippen LogP contribution >= 0.6 is 46.4 Å². The van der Waals surface area contributed by atoms with E-state index in [1.54, 1.807) is 30.3 Å². The molecule has 248 valence electrons. The van der Waals surface area contributed by atoms with E-state index in [1.165, 1.54) is 42.9 Å². The second-order valence-electron chi connectivity index (χ2n) is 8.42. The number of nitrogens with zero attached hydrogens (tertiary/aromatic N) is 5. The molecule has 0 aliphatic heterocycles. The molecule has 0 amide bonds. The first-order valence-corrected chi connectivity index (χ1v) is 14.2. The summed E-state index contributed by atoms with van der Waals surface area (Å²) >= 11 is 22.0. The number of carbonyl (C=O) groups is 5. The summed E-state index contributed by atoms with van der Waals surface area (Å²) in [5, 5.41) is 0.943. The highest BCUT2D eigenvalue weighted by atomic mass is 35.5. The first-order valence-electron chi connectivity index (χ1n) is 12.7. The summed E-state index contributed by atoms with van der Waals surface area (Å²) in [5.74, 6) is 0.674. The maximum Gasteiger partial charge on any atom is 0.168 e. The van der Waals surface area contributed by atoms with Crippen LogP contribution in [0.4, 0.5) is 23.0 Å². The van der Waals surface area contributed by atoms with Crippen molar-refractivity contribution in [2.24, 2.45) is 0 Å². The molecule has 5 aromatic heterocycles. The van der Waals surface area contributed by atoms with Gasteiger partial charge in [-0.05, 0) is 54.6 Å². The number of nitrogens with two attached hydrogens (primary N) is 4. The molecule has 18 heteroatoms. The van der Waals surface area contributed by atoms with E-state index in [2.05, 4.69) is 24.9 Å². The summed E-state index contributed by atoms with van der Waals surface area (Å²) in [6.45, 7) is 0. The van der Waals surface area contributed by atoms with E-state index in [9.17, 15) is 24.0 Å². The van der Waals surface area contributed by atoms with E-state index < -0.39 is 0 Å². The van der Waals surface area contributed by atoms with Gasteiger partial charge in [-0.1, -0.05) is 46.4 Å². The molecule has 0 atom stereocenters. The van der Waals surface area contributed by atoms with Crippen LogP contribution in [0.3, 0.4) is 0 Å². The van der Waals surface area contributed by atoms with Crippen molar-refractivity contribution in [3.05, 3.63) is 122 Å². The average Bonchev–Trinajstić information content (AvgIpc) is 3.08. The standard InChI is InChI=1S/C6H3Cl2NO.2C6H5ClN2O.2C6H6N2O/c7-5-1-4(3-10)2-6(8)9-5;7-5-1-4(3-10)2-9-6(5)8;7-6-5(8)2-1-4(3-10)9-6;7-5-1-2-6(4-9)8-3-5;7-6-2-1-5(4-9)3-8-6/h1-3H;1-3H,(H2,8,9);1-3H,8H2;1-4H,7H2;1-4H,(H2,7,8). The molecule has 0 spiro atoms. The Hall–Kier alpha value is -5.54. The van der Waals surface area contributed by atoms with E-state index >= 15 is 0 Å². The van der Waals surface area contributed by atoms with Crippen molar-refractivity contribution in [2.75, 3.05) is 22.9 Å². The number of hydrogen-bond acceptors (Lipinski definition) is 14. The third-order valence-electron chi connectivity index (χ3n) is 4.84. The summed E-state index contributed by atoms with van der Waals surface area (Å²) in [4.78, 5) is 68.8. The summed E-state index contributed by atoms with van der Waals surface area (Å²) in [6, 6.07) is 13.8. The average molecular weight is 733 g/mol. The van der Waals surface area contributed by atoms with Crippen LogP contribution in [0.5, 0.6) is 0 Å². The smallest absolute Gasteiger partial charge is 0.168 e. The molecule has 0 fully saturated rings. The number of carbonyl (C=O) groups excluding carboxylic acids is 5. The lowest BCUT2D eigenvalue weighted by Gasteiger charge is -1.94. The van der Waals surface area contributed by atoms with Gasteiger partial charge in [0.2, 0.25) is 0 Å². The van der Waals surface area contributed by atoms with Crippen LogP contribution in [0.1, 0.15) is 52.1 Å². The Labute approximate surface area is 293 Å². The number of nitrogen functional groups attached to an aromatic ring is 4. The van der Waals surface area contributed by atoms with Crippen molar-refractivity contribution in [1.82, 2.24) is 24.9 Å². The van der Waals surface area contributed by atoms with Gasteiger partial charge in [-0.25, -0.2) is 19.9 Å². The fraction of sp³-hybridized carbons (Fsp3) is 0. The highest BCUT2D eigenvalue weighted by Gasteiger charge is 1.98. The quantitative estimate of drug-likeness (QED) is 0.130. The number of hydrogen-bond donors (Lipinski definition) is 4. The highest BCUT2D eigenvalue weighted by molar-refractivity contribution is 6.33. The lowest BCUT2D eigenvalue weighted by atomic mass is 10.3. The van der Waals surface area contributed by atoms with Gasteiger partial charge >= 0.3 is 0 Å². The largest absolute Gasteiger partial charge is 0.397 e. The van der Waals surface area contributed by atoms with E-state index in [-0.39, 0.29) is 21.3 Å². The molecule has 8 N–H and O–H groups in total. The molecule has 0 aromatic carbocycles. The zero-order valence-electron chi connectivity index (χ0n) is 24.4. The van der Waals surface area contributed by atoms with Gasteiger partial charge in [0.25, 0.3) is 0 Å². The topological polar surface area (TPSA) is 254 Å². The molecule has 0 radical (unpaired) electrons. The SMILES string of the molecule is Nc1ccc(C=O)cn1.Nc1ccc(C=O)nc1.Nc1ccc(C=O)nc1Cl.Nc1ncc(C=O)cc1Cl.O=Cc1cc(Cl)nc(Cl)c1. The van der Waals surface area contributed by atoms with Crippen LogP contribution in [0.25, 0.3) is 0 Å². The molecule has 0 aliphatic carbocycles. The van der Waals surface area contributed by atoms with Crippen molar-refractivity contribution < 1.29 is 24.0 Å². The molecule has 5 aromatic rings. The minimum absolute atomic E-state index is 0.171. The summed E-state index contributed by atoms with van der Waals surface area (Å²) in [6.07, 6.45) is 7.61. The van der Waals surface area contributed by atoms with Gasteiger partial charge in [-0.3, -0.25) is 29.0 Å². The zero-order valence-corrected chi connectivity index (χ0v) is 27.4. The van der Waals surface area contributed by atoms with Crippen LogP contribution in [-0.2, 0) is 0 Å². The van der Waals surface area contributed by atoms with Gasteiger partial charge in [-0.15, -0.1) is 0 Å². The molecule has 5 heterocycles. The molecule has 0 bridgehead atoms. The second-order valence-corrected chi connectivity index (χ2v) is 9.96. The highest BCUT2D eigenvalue weighted by Crippen LogP contribution is 2.16. The van der Waals surface area contributed by atoms with Gasteiger partial charge in [0, 0.05) is 29.1 Å². The Bertz CT molecular complexity index is 1690. The van der Waals surface area contributed by atoms with Crippen LogP contribution in [0, 0.1) is 0 Å². The molecule has 0 saturated carbocycles. The van der Waals surface area contributed by atoms with Crippen molar-refractivity contribution >= 4 is 101 Å². The van der Waals surface area contributed by atoms with E-state index in [0.29, 0.717) is 75.4 Å². The molecule has 48 heavy (non-hydrogen) atoms. The van der Waals surface area contributed by atoms with E-state index in [1.807, 2.05) is 0 Å². The molecule has 14 nitrogen and oxygen atoms in total. The number of halogens is 4. The Balaban J connectivity index is 0.000000300. The maximum atomic E-state index is 10.2. The fourth-order valence-corrected chi connectivity index (χ4v) is 3.39. The third kappa shape index (κ3) is 16.1. The van der Waals surface area contributed by atoms with Crippen molar-refractivity contribution in [3.8, 4) is 0 Å². The first kappa shape index (κ1) is 40.5. The summed E-state index contributed by atoms with van der Waals surface area (Å²) in [7, 11) is 0. The second kappa shape index (κ2) is 22.1. The monoisotopic (exact) mass is 731 g/mol. The Morgan fingerprint density at radius 1 is 0.521 bits per heavy atom. The van der Waals surface area contributed by atoms with Gasteiger partial charge in [0.05, 0.1) is 22.6 Å². The molecule has 0 aliphatic rings. The summed E-state index contributed by atoms with van der Waals surface area (Å²) < 4.78 is 0. The number of anilines is 4. The number of pyridine rings is 5. The van der Waals surface area contributed by atoms with Crippen LogP contribution in [-0.4, -0.2) is 56.4 Å². The fourth-order valence-electron chi connectivity index (χ4n) is 2.58. The van der Waals surface area contributed by atoms with Gasteiger partial charge in [-0.2, -0.15) is 0 Å². The van der Waals surface area contributed by atoms with E-state index in [0.717, 1.165) is 6.29 Å². The van der Waals surface area contributed by atoms with Crippen molar-refractivity contribution in [2.45, 2.75) is 0 Å². The summed E-state index contributed by atoms with van der Waals surface area (Å²) in [5.41, 5.74) is 24.2. The first-order chi connectivity index (χ1) is 22.8. The Kier molecular flexibility index (Phi) is 18.6. The van der Waals surface area contributed by atoms with Crippen LogP contribution < -0.4 is 22.9 Å². The minimum atomic E-state index is 0.171. The third-order valence-corrected chi connectivity index (χ3v) is 5.84. The lowest BCUT2D eigenvalue weighted by Crippen LogP contribution is -1.92. The predicted molar refractivity (Wildman–Crippen MR) is 186 cm³/mol. The van der Waals surface area contributed by atoms with Crippen LogP contribution in [0.2, 0.25) is 20.5 Å². The maximum absolute atomic E-state index is 10.2. The van der Waals surface area contributed by atoms with E-state index in [4.69, 9.17) is 69.3 Å². The van der Waals surface area contributed by atoms with Crippen molar-refractivity contribution in [3.63, 3.8) is 0 Å². The predicted octanol–water partition coefficient (Wildman–Crippen LogP) is 5.41. The molecular formula is C30H25Cl4N9O5. The normalized spacial score (nSPS) is 9.17. The minimum Gasteiger partial charge on any atom is -0.397 e. The van der Waals surface area contributed by atoms with Gasteiger partial charge < -0.3 is 22.9 Å².